The van der Waals surface area contributed by atoms with Gasteiger partial charge in [-0.1, -0.05) is 36.2 Å². The molecule has 0 spiro atoms. The minimum absolute atomic E-state index is 0.0214. The largest absolute Gasteiger partial charge is 0.369 e. The van der Waals surface area contributed by atoms with Crippen molar-refractivity contribution in [3.05, 3.63) is 89.2 Å². The molecule has 0 unspecified atom stereocenters. The monoisotopic (exact) mass is 557 g/mol. The smallest absolute Gasteiger partial charge is 0.321 e. The summed E-state index contributed by atoms with van der Waals surface area (Å²) in [6.07, 6.45) is 3.56. The molecule has 1 saturated heterocycles. The van der Waals surface area contributed by atoms with E-state index in [1.54, 1.807) is 23.1 Å². The third-order valence-electron chi connectivity index (χ3n) is 7.78. The highest BCUT2D eigenvalue weighted by Crippen LogP contribution is 2.30. The number of amides is 4. The van der Waals surface area contributed by atoms with Gasteiger partial charge in [0.2, 0.25) is 5.91 Å². The zero-order valence-corrected chi connectivity index (χ0v) is 23.3. The number of urea groups is 1. The molecule has 214 valence electrons. The molecule has 1 aliphatic carbocycles. The SMILES string of the molecule is Cc1ccc(NC(=O)N2CCCN(c3ccc(NC(=O)C4CCC4)cc3C(=O)NCc3ccc(F)cc3)CC2)cc1. The van der Waals surface area contributed by atoms with Crippen molar-refractivity contribution >= 4 is 34.9 Å². The van der Waals surface area contributed by atoms with E-state index < -0.39 is 0 Å². The van der Waals surface area contributed by atoms with Gasteiger partial charge in [-0.25, -0.2) is 9.18 Å². The van der Waals surface area contributed by atoms with Gasteiger partial charge in [-0.3, -0.25) is 9.59 Å². The molecule has 3 N–H and O–H groups in total. The van der Waals surface area contributed by atoms with Crippen LogP contribution in [0.3, 0.4) is 0 Å². The summed E-state index contributed by atoms with van der Waals surface area (Å²) in [7, 11) is 0. The molecular formula is C32H36FN5O3. The molecule has 8 nitrogen and oxygen atoms in total. The van der Waals surface area contributed by atoms with Gasteiger partial charge in [0, 0.05) is 55.7 Å². The number of anilines is 3. The minimum atomic E-state index is -0.333. The Morgan fingerprint density at radius 2 is 1.56 bits per heavy atom. The standard InChI is InChI=1S/C32H36FN5O3/c1-22-6-12-26(13-7-22)36-32(41)38-17-3-16-37(18-19-38)29-15-14-27(35-30(39)24-4-2-5-24)20-28(29)31(40)34-21-23-8-10-25(33)11-9-23/h6-15,20,24H,2-5,16-19,21H2,1H3,(H,34,40)(H,35,39)(H,36,41). The van der Waals surface area contributed by atoms with Gasteiger partial charge in [-0.15, -0.1) is 0 Å². The number of rotatable bonds is 7. The van der Waals surface area contributed by atoms with Gasteiger partial charge in [0.15, 0.2) is 0 Å². The first-order valence-electron chi connectivity index (χ1n) is 14.2. The summed E-state index contributed by atoms with van der Waals surface area (Å²) in [6, 6.07) is 19.0. The molecule has 0 aromatic heterocycles. The van der Waals surface area contributed by atoms with Crippen molar-refractivity contribution in [1.82, 2.24) is 10.2 Å². The van der Waals surface area contributed by atoms with Crippen LogP contribution in [0.2, 0.25) is 0 Å². The van der Waals surface area contributed by atoms with Gasteiger partial charge in [0.1, 0.15) is 5.82 Å². The van der Waals surface area contributed by atoms with E-state index in [0.717, 1.165) is 48.2 Å². The Morgan fingerprint density at radius 3 is 2.27 bits per heavy atom. The molecule has 0 radical (unpaired) electrons. The molecule has 2 fully saturated rings. The van der Waals surface area contributed by atoms with Crippen molar-refractivity contribution in [1.29, 1.82) is 0 Å². The average molecular weight is 558 g/mol. The Kier molecular flexibility index (Phi) is 8.82. The molecule has 1 saturated carbocycles. The number of halogens is 1. The fraction of sp³-hybridized carbons (Fsp3) is 0.344. The average Bonchev–Trinajstić information content (AvgIpc) is 3.19. The summed E-state index contributed by atoms with van der Waals surface area (Å²) in [4.78, 5) is 42.9. The van der Waals surface area contributed by atoms with E-state index in [4.69, 9.17) is 0 Å². The first-order valence-corrected chi connectivity index (χ1v) is 14.2. The van der Waals surface area contributed by atoms with Crippen LogP contribution in [0.4, 0.5) is 26.2 Å². The normalized spacial score (nSPS) is 15.5. The number of nitrogens with zero attached hydrogens (tertiary/aromatic N) is 2. The predicted molar refractivity (Wildman–Crippen MR) is 159 cm³/mol. The van der Waals surface area contributed by atoms with Gasteiger partial charge in [-0.2, -0.15) is 0 Å². The second-order valence-corrected chi connectivity index (χ2v) is 10.8. The van der Waals surface area contributed by atoms with Crippen LogP contribution in [-0.4, -0.2) is 48.9 Å². The van der Waals surface area contributed by atoms with E-state index in [1.165, 1.54) is 12.1 Å². The van der Waals surface area contributed by atoms with Crippen LogP contribution in [0.25, 0.3) is 0 Å². The zero-order chi connectivity index (χ0) is 28.8. The number of carbonyl (C=O) groups is 3. The zero-order valence-electron chi connectivity index (χ0n) is 23.3. The van der Waals surface area contributed by atoms with Crippen LogP contribution >= 0.6 is 0 Å². The minimum Gasteiger partial charge on any atom is -0.369 e. The molecule has 0 atom stereocenters. The highest BCUT2D eigenvalue weighted by molar-refractivity contribution is 6.02. The first kappa shape index (κ1) is 28.1. The van der Waals surface area contributed by atoms with Crippen molar-refractivity contribution in [2.45, 2.75) is 39.2 Å². The second-order valence-electron chi connectivity index (χ2n) is 10.8. The third kappa shape index (κ3) is 7.22. The number of hydrogen-bond donors (Lipinski definition) is 3. The molecule has 9 heteroatoms. The van der Waals surface area contributed by atoms with Crippen LogP contribution in [0.5, 0.6) is 0 Å². The number of nitrogens with one attached hydrogen (secondary N) is 3. The van der Waals surface area contributed by atoms with E-state index in [-0.39, 0.29) is 36.1 Å². The van der Waals surface area contributed by atoms with Crippen LogP contribution in [0.1, 0.15) is 47.2 Å². The lowest BCUT2D eigenvalue weighted by molar-refractivity contribution is -0.122. The summed E-state index contributed by atoms with van der Waals surface area (Å²) in [5.74, 6) is -0.623. The highest BCUT2D eigenvalue weighted by atomic mass is 19.1. The molecule has 3 aromatic rings. The Labute approximate surface area is 239 Å². The molecule has 1 aliphatic heterocycles. The molecule has 41 heavy (non-hydrogen) atoms. The molecule has 4 amide bonds. The van der Waals surface area contributed by atoms with Crippen LogP contribution in [0.15, 0.2) is 66.7 Å². The molecule has 2 aliphatic rings. The summed E-state index contributed by atoms with van der Waals surface area (Å²) in [6.45, 7) is 4.54. The summed E-state index contributed by atoms with van der Waals surface area (Å²) >= 11 is 0. The second kappa shape index (κ2) is 12.8. The Balaban J connectivity index is 1.30. The fourth-order valence-electron chi connectivity index (χ4n) is 5.07. The van der Waals surface area contributed by atoms with Gasteiger partial charge in [0.05, 0.1) is 5.56 Å². The molecule has 0 bridgehead atoms. The van der Waals surface area contributed by atoms with Crippen molar-refractivity contribution in [2.24, 2.45) is 5.92 Å². The molecular weight excluding hydrogens is 521 g/mol. The number of benzene rings is 3. The topological polar surface area (TPSA) is 93.8 Å². The molecule has 3 aromatic carbocycles. The maximum Gasteiger partial charge on any atom is 0.321 e. The predicted octanol–water partition coefficient (Wildman–Crippen LogP) is 5.55. The summed E-state index contributed by atoms with van der Waals surface area (Å²) < 4.78 is 13.3. The van der Waals surface area contributed by atoms with Crippen molar-refractivity contribution in [2.75, 3.05) is 41.7 Å². The van der Waals surface area contributed by atoms with Crippen LogP contribution in [0, 0.1) is 18.7 Å². The van der Waals surface area contributed by atoms with E-state index >= 15 is 0 Å². The van der Waals surface area contributed by atoms with Crippen molar-refractivity contribution in [3.8, 4) is 0 Å². The lowest BCUT2D eigenvalue weighted by Crippen LogP contribution is -2.38. The summed E-state index contributed by atoms with van der Waals surface area (Å²) in [5, 5.41) is 8.88. The number of hydrogen-bond acceptors (Lipinski definition) is 4. The Hall–Kier alpha value is -4.40. The Morgan fingerprint density at radius 1 is 0.829 bits per heavy atom. The lowest BCUT2D eigenvalue weighted by atomic mass is 9.85. The quantitative estimate of drug-likeness (QED) is 0.355. The van der Waals surface area contributed by atoms with E-state index in [2.05, 4.69) is 20.9 Å². The maximum absolute atomic E-state index is 13.5. The van der Waals surface area contributed by atoms with E-state index in [1.807, 2.05) is 43.3 Å². The van der Waals surface area contributed by atoms with Crippen LogP contribution < -0.4 is 20.9 Å². The van der Waals surface area contributed by atoms with Gasteiger partial charge < -0.3 is 25.8 Å². The van der Waals surface area contributed by atoms with E-state index in [0.29, 0.717) is 37.4 Å². The summed E-state index contributed by atoms with van der Waals surface area (Å²) in [5.41, 5.74) is 4.41. The van der Waals surface area contributed by atoms with E-state index in [9.17, 15) is 18.8 Å². The number of aryl methyl sites for hydroxylation is 1. The highest BCUT2D eigenvalue weighted by Gasteiger charge is 2.27. The van der Waals surface area contributed by atoms with Crippen LogP contribution in [-0.2, 0) is 11.3 Å². The van der Waals surface area contributed by atoms with Crippen molar-refractivity contribution < 1.29 is 18.8 Å². The fourth-order valence-corrected chi connectivity index (χ4v) is 5.07. The number of carbonyl (C=O) groups excluding carboxylic acids is 3. The molecule has 5 rings (SSSR count). The Bertz CT molecular complexity index is 1390. The first-order chi connectivity index (χ1) is 19.9. The molecule has 1 heterocycles. The van der Waals surface area contributed by atoms with Gasteiger partial charge in [0.25, 0.3) is 5.91 Å². The lowest BCUT2D eigenvalue weighted by Gasteiger charge is -2.27. The van der Waals surface area contributed by atoms with Gasteiger partial charge in [-0.05, 0) is 74.2 Å². The maximum atomic E-state index is 13.5. The third-order valence-corrected chi connectivity index (χ3v) is 7.78. The van der Waals surface area contributed by atoms with Gasteiger partial charge >= 0.3 is 6.03 Å². The van der Waals surface area contributed by atoms with Crippen molar-refractivity contribution in [3.63, 3.8) is 0 Å².